The van der Waals surface area contributed by atoms with Gasteiger partial charge in [0.2, 0.25) is 11.7 Å². The molecule has 0 radical (unpaired) electrons. The lowest BCUT2D eigenvalue weighted by Crippen LogP contribution is -2.26. The SMILES string of the molecule is Cc1sc2nc(SCc3nc(-c4ccco4)no3)n(C3CCCC3)c(=O)c2c1C. The predicted octanol–water partition coefficient (Wildman–Crippen LogP) is 5.13. The zero-order chi connectivity index (χ0) is 20.0. The molecule has 5 rings (SSSR count). The van der Waals surface area contributed by atoms with E-state index in [9.17, 15) is 4.79 Å². The Kier molecular flexibility index (Phi) is 4.79. The number of hydrogen-bond donors (Lipinski definition) is 0. The topological polar surface area (TPSA) is 86.9 Å². The van der Waals surface area contributed by atoms with Crippen LogP contribution in [0.4, 0.5) is 0 Å². The number of furan rings is 1. The highest BCUT2D eigenvalue weighted by Gasteiger charge is 2.25. The molecule has 0 unspecified atom stereocenters. The van der Waals surface area contributed by atoms with Crippen molar-refractivity contribution in [1.29, 1.82) is 0 Å². The second-order valence-electron chi connectivity index (χ2n) is 7.25. The van der Waals surface area contributed by atoms with E-state index in [1.165, 1.54) is 11.8 Å². The molecule has 4 heterocycles. The van der Waals surface area contributed by atoms with Gasteiger partial charge in [0, 0.05) is 10.9 Å². The molecule has 1 aliphatic rings. The lowest BCUT2D eigenvalue weighted by molar-refractivity contribution is 0.390. The summed E-state index contributed by atoms with van der Waals surface area (Å²) in [6.45, 7) is 4.06. The van der Waals surface area contributed by atoms with E-state index in [4.69, 9.17) is 13.9 Å². The van der Waals surface area contributed by atoms with Gasteiger partial charge < -0.3 is 8.94 Å². The summed E-state index contributed by atoms with van der Waals surface area (Å²) in [7, 11) is 0. The molecule has 0 aliphatic heterocycles. The van der Waals surface area contributed by atoms with Crippen LogP contribution in [0.1, 0.15) is 48.1 Å². The Labute approximate surface area is 175 Å². The highest BCUT2D eigenvalue weighted by Crippen LogP contribution is 2.35. The highest BCUT2D eigenvalue weighted by atomic mass is 32.2. The van der Waals surface area contributed by atoms with E-state index in [1.807, 2.05) is 18.4 Å². The number of nitrogens with zero attached hydrogens (tertiary/aromatic N) is 4. The summed E-state index contributed by atoms with van der Waals surface area (Å²) in [4.78, 5) is 24.6. The third-order valence-electron chi connectivity index (χ3n) is 5.43. The van der Waals surface area contributed by atoms with Gasteiger partial charge in [0.25, 0.3) is 5.56 Å². The fourth-order valence-electron chi connectivity index (χ4n) is 3.82. The van der Waals surface area contributed by atoms with E-state index < -0.39 is 0 Å². The van der Waals surface area contributed by atoms with Crippen molar-refractivity contribution in [3.05, 3.63) is 45.1 Å². The Hall–Kier alpha value is -2.39. The first kappa shape index (κ1) is 18.6. The Morgan fingerprint density at radius 2 is 2.10 bits per heavy atom. The monoisotopic (exact) mass is 428 g/mol. The fourth-order valence-corrected chi connectivity index (χ4v) is 5.79. The number of thioether (sulfide) groups is 1. The van der Waals surface area contributed by atoms with Crippen LogP contribution in [-0.2, 0) is 5.75 Å². The van der Waals surface area contributed by atoms with E-state index in [0.29, 0.717) is 23.2 Å². The van der Waals surface area contributed by atoms with Crippen molar-refractivity contribution in [1.82, 2.24) is 19.7 Å². The van der Waals surface area contributed by atoms with Crippen molar-refractivity contribution in [2.24, 2.45) is 0 Å². The maximum absolute atomic E-state index is 13.4. The summed E-state index contributed by atoms with van der Waals surface area (Å²) in [6, 6.07) is 3.78. The third-order valence-corrected chi connectivity index (χ3v) is 7.47. The number of aromatic nitrogens is 4. The number of aryl methyl sites for hydroxylation is 2. The minimum Gasteiger partial charge on any atom is -0.461 e. The van der Waals surface area contributed by atoms with Gasteiger partial charge in [-0.3, -0.25) is 9.36 Å². The molecule has 150 valence electrons. The largest absolute Gasteiger partial charge is 0.461 e. The van der Waals surface area contributed by atoms with Gasteiger partial charge in [0.05, 0.1) is 17.4 Å². The standard InChI is InChI=1S/C20H20N4O3S2/c1-11-12(2)29-18-16(11)19(25)24(13-6-3-4-7-13)20(22-18)28-10-15-21-17(23-27-15)14-8-5-9-26-14/h5,8-9,13H,3-4,6-7,10H2,1-2H3. The number of thiophene rings is 1. The first-order chi connectivity index (χ1) is 14.1. The molecule has 4 aromatic rings. The quantitative estimate of drug-likeness (QED) is 0.322. The first-order valence-electron chi connectivity index (χ1n) is 9.63. The highest BCUT2D eigenvalue weighted by molar-refractivity contribution is 7.98. The normalized spacial score (nSPS) is 15.0. The minimum absolute atomic E-state index is 0.0769. The van der Waals surface area contributed by atoms with Gasteiger partial charge in [-0.05, 0) is 44.4 Å². The van der Waals surface area contributed by atoms with Crippen LogP contribution in [0.5, 0.6) is 0 Å². The molecule has 0 N–H and O–H groups in total. The van der Waals surface area contributed by atoms with E-state index in [-0.39, 0.29) is 11.6 Å². The number of rotatable bonds is 5. The van der Waals surface area contributed by atoms with Crippen molar-refractivity contribution < 1.29 is 8.94 Å². The zero-order valence-electron chi connectivity index (χ0n) is 16.2. The van der Waals surface area contributed by atoms with Crippen LogP contribution in [0.25, 0.3) is 21.8 Å². The van der Waals surface area contributed by atoms with Crippen LogP contribution < -0.4 is 5.56 Å². The number of hydrogen-bond acceptors (Lipinski definition) is 8. The van der Waals surface area contributed by atoms with Crippen LogP contribution in [-0.4, -0.2) is 19.7 Å². The number of fused-ring (bicyclic) bond motifs is 1. The van der Waals surface area contributed by atoms with Crippen molar-refractivity contribution >= 4 is 33.3 Å². The van der Waals surface area contributed by atoms with Gasteiger partial charge >= 0.3 is 0 Å². The molecule has 0 saturated heterocycles. The molecule has 0 spiro atoms. The van der Waals surface area contributed by atoms with Crippen molar-refractivity contribution in [3.8, 4) is 11.6 Å². The summed E-state index contributed by atoms with van der Waals surface area (Å²) < 4.78 is 12.6. The molecule has 0 bridgehead atoms. The first-order valence-corrected chi connectivity index (χ1v) is 11.4. The second kappa shape index (κ2) is 7.46. The molecule has 1 aliphatic carbocycles. The van der Waals surface area contributed by atoms with E-state index >= 15 is 0 Å². The average Bonchev–Trinajstić information content (AvgIpc) is 3.49. The molecule has 1 fully saturated rings. The zero-order valence-corrected chi connectivity index (χ0v) is 17.8. The Balaban J connectivity index is 1.50. The third kappa shape index (κ3) is 3.32. The van der Waals surface area contributed by atoms with Crippen LogP contribution >= 0.6 is 23.1 Å². The molecule has 9 heteroatoms. The maximum Gasteiger partial charge on any atom is 0.263 e. The van der Waals surface area contributed by atoms with Gasteiger partial charge in [-0.15, -0.1) is 11.3 Å². The summed E-state index contributed by atoms with van der Waals surface area (Å²) in [5.41, 5.74) is 1.12. The molecule has 0 atom stereocenters. The van der Waals surface area contributed by atoms with Gasteiger partial charge in [0.15, 0.2) is 10.9 Å². The Morgan fingerprint density at radius 3 is 2.86 bits per heavy atom. The molecule has 29 heavy (non-hydrogen) atoms. The second-order valence-corrected chi connectivity index (χ2v) is 9.39. The van der Waals surface area contributed by atoms with Crippen molar-refractivity contribution in [3.63, 3.8) is 0 Å². The predicted molar refractivity (Wildman–Crippen MR) is 112 cm³/mol. The molecular weight excluding hydrogens is 408 g/mol. The van der Waals surface area contributed by atoms with Crippen LogP contribution in [0.15, 0.2) is 37.3 Å². The van der Waals surface area contributed by atoms with Crippen LogP contribution in [0.2, 0.25) is 0 Å². The van der Waals surface area contributed by atoms with Crippen LogP contribution in [0.3, 0.4) is 0 Å². The van der Waals surface area contributed by atoms with Crippen molar-refractivity contribution in [2.45, 2.75) is 56.5 Å². The molecule has 1 saturated carbocycles. The minimum atomic E-state index is 0.0769. The average molecular weight is 429 g/mol. The summed E-state index contributed by atoms with van der Waals surface area (Å²) in [5.74, 6) is 1.91. The molecular formula is C20H20N4O3S2. The molecule has 0 amide bonds. The van der Waals surface area contributed by atoms with Crippen LogP contribution in [0, 0.1) is 13.8 Å². The maximum atomic E-state index is 13.4. The molecule has 0 aromatic carbocycles. The molecule has 7 nitrogen and oxygen atoms in total. The van der Waals surface area contributed by atoms with E-state index in [0.717, 1.165) is 51.5 Å². The van der Waals surface area contributed by atoms with Gasteiger partial charge in [-0.2, -0.15) is 4.98 Å². The Bertz CT molecular complexity index is 1220. The van der Waals surface area contributed by atoms with Gasteiger partial charge in [-0.1, -0.05) is 29.8 Å². The van der Waals surface area contributed by atoms with Crippen molar-refractivity contribution in [2.75, 3.05) is 0 Å². The fraction of sp³-hybridized carbons (Fsp3) is 0.400. The smallest absolute Gasteiger partial charge is 0.263 e. The van der Waals surface area contributed by atoms with E-state index in [1.54, 1.807) is 29.7 Å². The molecule has 4 aromatic heterocycles. The summed E-state index contributed by atoms with van der Waals surface area (Å²) in [5, 5.41) is 5.47. The van der Waals surface area contributed by atoms with Gasteiger partial charge in [0.1, 0.15) is 4.83 Å². The van der Waals surface area contributed by atoms with Gasteiger partial charge in [-0.25, -0.2) is 4.98 Å². The Morgan fingerprint density at radius 1 is 1.28 bits per heavy atom. The lowest BCUT2D eigenvalue weighted by atomic mass is 10.2. The summed E-state index contributed by atoms with van der Waals surface area (Å²) in [6.07, 6.45) is 5.91. The van der Waals surface area contributed by atoms with E-state index in [2.05, 4.69) is 10.1 Å². The lowest BCUT2D eigenvalue weighted by Gasteiger charge is -2.17. The summed E-state index contributed by atoms with van der Waals surface area (Å²) >= 11 is 3.05.